The first-order chi connectivity index (χ1) is 13.6. The highest BCUT2D eigenvalue weighted by atomic mass is 32.2. The third kappa shape index (κ3) is 4.96. The van der Waals surface area contributed by atoms with Crippen LogP contribution in [0, 0.1) is 0 Å². The first-order valence-electron chi connectivity index (χ1n) is 8.80. The Bertz CT molecular complexity index is 908. The lowest BCUT2D eigenvalue weighted by molar-refractivity contribution is -0.132. The normalized spacial score (nSPS) is 16.9. The average Bonchev–Trinajstić information content (AvgIpc) is 3.30. The van der Waals surface area contributed by atoms with Gasteiger partial charge in [0.1, 0.15) is 10.4 Å². The van der Waals surface area contributed by atoms with Gasteiger partial charge in [-0.05, 0) is 18.6 Å². The second-order valence-electron chi connectivity index (χ2n) is 6.14. The molecule has 1 aromatic heterocycles. The summed E-state index contributed by atoms with van der Waals surface area (Å²) in [6, 6.07) is 9.14. The lowest BCUT2D eigenvalue weighted by Gasteiger charge is -2.22. The highest BCUT2D eigenvalue weighted by Gasteiger charge is 2.37. The summed E-state index contributed by atoms with van der Waals surface area (Å²) in [5, 5.41) is 2.84. The maximum Gasteiger partial charge on any atom is 0.266 e. The number of hydrogen-bond donors (Lipinski definition) is 2. The molecule has 28 heavy (non-hydrogen) atoms. The average molecular weight is 413 g/mol. The third-order valence-electron chi connectivity index (χ3n) is 4.17. The summed E-state index contributed by atoms with van der Waals surface area (Å²) in [4.78, 5) is 33.9. The zero-order valence-corrected chi connectivity index (χ0v) is 16.9. The van der Waals surface area contributed by atoms with Crippen molar-refractivity contribution in [2.75, 3.05) is 6.54 Å². The number of nitrogens with zero attached hydrogens (tertiary/aromatic N) is 2. The number of imidazole rings is 1. The largest absolute Gasteiger partial charge is 0.354 e. The van der Waals surface area contributed by atoms with Gasteiger partial charge in [0.05, 0.1) is 11.2 Å². The first-order valence-corrected chi connectivity index (χ1v) is 10.0. The number of rotatable bonds is 7. The monoisotopic (exact) mass is 412 g/mol. The Morgan fingerprint density at radius 3 is 2.89 bits per heavy atom. The zero-order chi connectivity index (χ0) is 19.9. The van der Waals surface area contributed by atoms with Gasteiger partial charge in [-0.25, -0.2) is 4.98 Å². The molecule has 144 valence electrons. The molecule has 0 spiro atoms. The Balaban J connectivity index is 1.58. The second kappa shape index (κ2) is 9.48. The number of hydrogen-bond acceptors (Lipinski definition) is 5. The van der Waals surface area contributed by atoms with E-state index in [0.717, 1.165) is 11.3 Å². The maximum atomic E-state index is 12.7. The standard InChI is InChI=1S/C20H20N4O2S2/c1-14(18(25)22-11-10-16-12-21-13-23-16)24-19(26)17(28-20(24)27)9-5-8-15-6-3-2-4-7-15/h2-9,12-14H,10-11H2,1H3,(H,21,23)(H,22,25). The molecule has 1 aliphatic rings. The molecule has 1 aromatic carbocycles. The second-order valence-corrected chi connectivity index (χ2v) is 7.81. The SMILES string of the molecule is CC(C(=O)NCCc1cnc[nH]1)N1C(=O)C(=CC=Cc2ccccc2)SC1=S. The number of thioether (sulfide) groups is 1. The van der Waals surface area contributed by atoms with E-state index in [1.807, 2.05) is 42.5 Å². The van der Waals surface area contributed by atoms with Crippen LogP contribution in [0.4, 0.5) is 0 Å². The summed E-state index contributed by atoms with van der Waals surface area (Å²) in [7, 11) is 0. The van der Waals surface area contributed by atoms with Crippen LogP contribution in [-0.4, -0.2) is 43.6 Å². The molecule has 2 N–H and O–H groups in total. The number of carbonyl (C=O) groups excluding carboxylic acids is 2. The van der Waals surface area contributed by atoms with E-state index < -0.39 is 6.04 Å². The highest BCUT2D eigenvalue weighted by Crippen LogP contribution is 2.32. The number of carbonyl (C=O) groups is 2. The number of H-pyrrole nitrogens is 1. The van der Waals surface area contributed by atoms with Gasteiger partial charge >= 0.3 is 0 Å². The highest BCUT2D eigenvalue weighted by molar-refractivity contribution is 8.26. The van der Waals surface area contributed by atoms with E-state index in [-0.39, 0.29) is 11.8 Å². The minimum absolute atomic E-state index is 0.239. The smallest absolute Gasteiger partial charge is 0.266 e. The van der Waals surface area contributed by atoms with Crippen LogP contribution in [-0.2, 0) is 16.0 Å². The number of benzene rings is 1. The number of amides is 2. The van der Waals surface area contributed by atoms with E-state index in [2.05, 4.69) is 15.3 Å². The minimum atomic E-state index is -0.668. The van der Waals surface area contributed by atoms with Crippen molar-refractivity contribution < 1.29 is 9.59 Å². The molecule has 1 fully saturated rings. The molecular formula is C20H20N4O2S2. The topological polar surface area (TPSA) is 78.1 Å². The van der Waals surface area contributed by atoms with Crippen molar-refractivity contribution in [3.05, 3.63) is 71.2 Å². The summed E-state index contributed by atoms with van der Waals surface area (Å²) < 4.78 is 0.389. The van der Waals surface area contributed by atoms with Crippen molar-refractivity contribution in [2.24, 2.45) is 0 Å². The fourth-order valence-corrected chi connectivity index (χ4v) is 4.02. The van der Waals surface area contributed by atoms with Gasteiger partial charge in [0.15, 0.2) is 0 Å². The Kier molecular flexibility index (Phi) is 6.78. The first kappa shape index (κ1) is 20.0. The van der Waals surface area contributed by atoms with Crippen molar-refractivity contribution in [1.82, 2.24) is 20.2 Å². The molecule has 3 rings (SSSR count). The number of aromatic nitrogens is 2. The van der Waals surface area contributed by atoms with Crippen molar-refractivity contribution in [1.29, 1.82) is 0 Å². The summed E-state index contributed by atoms with van der Waals surface area (Å²) in [5.41, 5.74) is 1.98. The van der Waals surface area contributed by atoms with E-state index in [0.29, 0.717) is 22.2 Å². The summed E-state index contributed by atoms with van der Waals surface area (Å²) in [6.07, 6.45) is 9.41. The zero-order valence-electron chi connectivity index (χ0n) is 15.3. The Hall–Kier alpha value is -2.71. The van der Waals surface area contributed by atoms with Crippen LogP contribution in [0.25, 0.3) is 6.08 Å². The van der Waals surface area contributed by atoms with Gasteiger partial charge < -0.3 is 10.3 Å². The van der Waals surface area contributed by atoms with Crippen LogP contribution in [0.3, 0.4) is 0 Å². The van der Waals surface area contributed by atoms with Crippen LogP contribution >= 0.6 is 24.0 Å². The predicted molar refractivity (Wildman–Crippen MR) is 115 cm³/mol. The molecule has 1 aliphatic heterocycles. The van der Waals surface area contributed by atoms with Crippen LogP contribution < -0.4 is 5.32 Å². The van der Waals surface area contributed by atoms with Gasteiger partial charge in [-0.3, -0.25) is 14.5 Å². The van der Waals surface area contributed by atoms with Gasteiger partial charge in [-0.2, -0.15) is 0 Å². The van der Waals surface area contributed by atoms with Crippen LogP contribution in [0.1, 0.15) is 18.2 Å². The molecule has 2 amide bonds. The van der Waals surface area contributed by atoms with E-state index in [1.165, 1.54) is 16.7 Å². The molecule has 2 heterocycles. The Morgan fingerprint density at radius 1 is 1.39 bits per heavy atom. The molecule has 8 heteroatoms. The van der Waals surface area contributed by atoms with E-state index in [1.54, 1.807) is 25.5 Å². The molecular weight excluding hydrogens is 392 g/mol. The molecule has 0 aliphatic carbocycles. The fraction of sp³-hybridized carbons (Fsp3) is 0.200. The van der Waals surface area contributed by atoms with E-state index >= 15 is 0 Å². The molecule has 0 radical (unpaired) electrons. The number of allylic oxidation sites excluding steroid dienone is 2. The van der Waals surface area contributed by atoms with Gasteiger partial charge in [0.2, 0.25) is 5.91 Å². The Morgan fingerprint density at radius 2 is 2.18 bits per heavy atom. The fourth-order valence-electron chi connectivity index (χ4n) is 2.65. The summed E-state index contributed by atoms with van der Waals surface area (Å²) in [5.74, 6) is -0.485. The van der Waals surface area contributed by atoms with Crippen LogP contribution in [0.15, 0.2) is 59.9 Å². The summed E-state index contributed by atoms with van der Waals surface area (Å²) in [6.45, 7) is 2.13. The molecule has 1 atom stereocenters. The van der Waals surface area contributed by atoms with Gasteiger partial charge in [-0.15, -0.1) is 0 Å². The lowest BCUT2D eigenvalue weighted by atomic mass is 10.2. The predicted octanol–water partition coefficient (Wildman–Crippen LogP) is 2.91. The summed E-state index contributed by atoms with van der Waals surface area (Å²) >= 11 is 6.53. The Labute approximate surface area is 173 Å². The van der Waals surface area contributed by atoms with Crippen molar-refractivity contribution in [3.8, 4) is 0 Å². The van der Waals surface area contributed by atoms with Crippen LogP contribution in [0.5, 0.6) is 0 Å². The van der Waals surface area contributed by atoms with E-state index in [9.17, 15) is 9.59 Å². The molecule has 6 nitrogen and oxygen atoms in total. The molecule has 1 unspecified atom stereocenters. The molecule has 2 aromatic rings. The van der Waals surface area contributed by atoms with Crippen molar-refractivity contribution >= 4 is 46.2 Å². The van der Waals surface area contributed by atoms with Crippen LogP contribution in [0.2, 0.25) is 0 Å². The quantitative estimate of drug-likeness (QED) is 0.540. The van der Waals surface area contributed by atoms with Gasteiger partial charge in [-0.1, -0.05) is 66.5 Å². The van der Waals surface area contributed by atoms with E-state index in [4.69, 9.17) is 12.2 Å². The van der Waals surface area contributed by atoms with Gasteiger partial charge in [0.25, 0.3) is 5.91 Å². The maximum absolute atomic E-state index is 12.7. The molecule has 0 saturated carbocycles. The number of aromatic amines is 1. The third-order valence-corrected chi connectivity index (χ3v) is 5.52. The molecule has 1 saturated heterocycles. The molecule has 0 bridgehead atoms. The van der Waals surface area contributed by atoms with Crippen molar-refractivity contribution in [3.63, 3.8) is 0 Å². The number of thiocarbonyl (C=S) groups is 1. The lowest BCUT2D eigenvalue weighted by Crippen LogP contribution is -2.47. The van der Waals surface area contributed by atoms with Crippen molar-refractivity contribution in [2.45, 2.75) is 19.4 Å². The van der Waals surface area contributed by atoms with Gasteiger partial charge in [0, 0.05) is 24.9 Å². The minimum Gasteiger partial charge on any atom is -0.354 e. The number of nitrogens with one attached hydrogen (secondary N) is 2.